The molecule has 1 aliphatic rings. The Morgan fingerprint density at radius 2 is 1.87 bits per heavy atom. The number of nitro groups is 1. The van der Waals surface area contributed by atoms with E-state index < -0.39 is 16.4 Å². The lowest BCUT2D eigenvalue weighted by Gasteiger charge is -2.28. The normalized spacial score (nSPS) is 16.7. The maximum atomic E-state index is 12.2. The Balaban J connectivity index is 0.00000264. The molecule has 0 radical (unpaired) electrons. The minimum absolute atomic E-state index is 0. The summed E-state index contributed by atoms with van der Waals surface area (Å²) < 4.78 is 0. The Labute approximate surface area is 141 Å². The number of halogens is 1. The van der Waals surface area contributed by atoms with Crippen LogP contribution in [0.1, 0.15) is 48.9 Å². The number of hydrogen-bond acceptors (Lipinski definition) is 5. The smallest absolute Gasteiger partial charge is 0.270 e. The second kappa shape index (κ2) is 8.12. The van der Waals surface area contributed by atoms with Gasteiger partial charge in [-0.1, -0.05) is 25.7 Å². The fraction of sp³-hybridized carbons (Fsp3) is 0.533. The lowest BCUT2D eigenvalue weighted by molar-refractivity contribution is -0.384. The molecule has 0 spiro atoms. The highest BCUT2D eigenvalue weighted by Crippen LogP contribution is 2.25. The predicted octanol–water partition coefficient (Wildman–Crippen LogP) is 2.38. The van der Waals surface area contributed by atoms with E-state index in [1.807, 2.05) is 0 Å². The molecular formula is C15H23ClN4O3. The number of carbonyl (C=O) groups is 1. The highest BCUT2D eigenvalue weighted by Gasteiger charge is 2.27. The number of anilines is 1. The lowest BCUT2D eigenvalue weighted by atomic mass is 9.91. The molecule has 2 rings (SSSR count). The molecule has 0 aliphatic heterocycles. The SMILES string of the molecule is Cl.Nc1ccc([N+](=O)[O-])cc1C(=O)NCC1(N)CCCCCC1. The zero-order valence-corrected chi connectivity index (χ0v) is 13.7. The molecule has 0 unspecified atom stereocenters. The molecule has 0 atom stereocenters. The summed E-state index contributed by atoms with van der Waals surface area (Å²) in [6.07, 6.45) is 6.21. The monoisotopic (exact) mass is 342 g/mol. The quantitative estimate of drug-likeness (QED) is 0.335. The third kappa shape index (κ3) is 5.07. The molecule has 1 fully saturated rings. The number of amides is 1. The standard InChI is InChI=1S/C15H22N4O3.ClH/c16-13-6-5-11(19(21)22)9-12(13)14(20)18-10-15(17)7-3-1-2-4-8-15;/h5-6,9H,1-4,7-8,10,16-17H2,(H,18,20);1H. The number of benzene rings is 1. The minimum Gasteiger partial charge on any atom is -0.398 e. The van der Waals surface area contributed by atoms with E-state index in [4.69, 9.17) is 11.5 Å². The Hall–Kier alpha value is -1.86. The van der Waals surface area contributed by atoms with Crippen molar-refractivity contribution in [2.45, 2.75) is 44.1 Å². The number of nitrogens with zero attached hydrogens (tertiary/aromatic N) is 1. The molecule has 0 aromatic heterocycles. The highest BCUT2D eigenvalue weighted by atomic mass is 35.5. The van der Waals surface area contributed by atoms with Gasteiger partial charge in [0.2, 0.25) is 0 Å². The van der Waals surface area contributed by atoms with Crippen molar-refractivity contribution in [3.63, 3.8) is 0 Å². The van der Waals surface area contributed by atoms with Crippen LogP contribution < -0.4 is 16.8 Å². The van der Waals surface area contributed by atoms with Gasteiger partial charge in [-0.3, -0.25) is 14.9 Å². The summed E-state index contributed by atoms with van der Waals surface area (Å²) >= 11 is 0. The van der Waals surface area contributed by atoms with Gasteiger partial charge in [0, 0.05) is 29.9 Å². The first kappa shape index (κ1) is 19.2. The predicted molar refractivity (Wildman–Crippen MR) is 91.7 cm³/mol. The first-order valence-electron chi connectivity index (χ1n) is 7.52. The maximum absolute atomic E-state index is 12.2. The summed E-state index contributed by atoms with van der Waals surface area (Å²) in [4.78, 5) is 22.5. The molecule has 1 amide bonds. The van der Waals surface area contributed by atoms with E-state index in [0.717, 1.165) is 25.7 Å². The van der Waals surface area contributed by atoms with Crippen molar-refractivity contribution in [2.24, 2.45) is 5.73 Å². The van der Waals surface area contributed by atoms with E-state index in [9.17, 15) is 14.9 Å². The Kier molecular flexibility index (Phi) is 6.78. The van der Waals surface area contributed by atoms with Crippen molar-refractivity contribution in [1.82, 2.24) is 5.32 Å². The number of nitrogen functional groups attached to an aromatic ring is 1. The summed E-state index contributed by atoms with van der Waals surface area (Å²) in [5, 5.41) is 13.6. The lowest BCUT2D eigenvalue weighted by Crippen LogP contribution is -2.49. The van der Waals surface area contributed by atoms with Gasteiger partial charge in [0.25, 0.3) is 11.6 Å². The van der Waals surface area contributed by atoms with Crippen LogP contribution in [-0.4, -0.2) is 22.9 Å². The van der Waals surface area contributed by atoms with Crippen molar-refractivity contribution >= 4 is 29.7 Å². The number of hydrogen-bond donors (Lipinski definition) is 3. The molecule has 1 aromatic rings. The first-order chi connectivity index (χ1) is 10.4. The van der Waals surface area contributed by atoms with Gasteiger partial charge in [-0.15, -0.1) is 12.4 Å². The van der Waals surface area contributed by atoms with Gasteiger partial charge in [-0.2, -0.15) is 0 Å². The van der Waals surface area contributed by atoms with Crippen LogP contribution in [0.4, 0.5) is 11.4 Å². The molecule has 5 N–H and O–H groups in total. The first-order valence-corrected chi connectivity index (χ1v) is 7.52. The maximum Gasteiger partial charge on any atom is 0.270 e. The summed E-state index contributed by atoms with van der Waals surface area (Å²) in [5.41, 5.74) is 11.9. The number of rotatable bonds is 4. The fourth-order valence-electron chi connectivity index (χ4n) is 2.82. The number of nitro benzene ring substituents is 1. The van der Waals surface area contributed by atoms with Crippen LogP contribution in [0.2, 0.25) is 0 Å². The molecule has 7 nitrogen and oxygen atoms in total. The average Bonchev–Trinajstić information content (AvgIpc) is 2.70. The van der Waals surface area contributed by atoms with E-state index >= 15 is 0 Å². The van der Waals surface area contributed by atoms with Crippen molar-refractivity contribution in [2.75, 3.05) is 12.3 Å². The van der Waals surface area contributed by atoms with Gasteiger partial charge >= 0.3 is 0 Å². The van der Waals surface area contributed by atoms with Crippen LogP contribution in [-0.2, 0) is 0 Å². The van der Waals surface area contributed by atoms with Crippen LogP contribution in [0.15, 0.2) is 18.2 Å². The zero-order chi connectivity index (χ0) is 16.2. The van der Waals surface area contributed by atoms with E-state index in [2.05, 4.69) is 5.32 Å². The van der Waals surface area contributed by atoms with Crippen molar-refractivity contribution in [3.8, 4) is 0 Å². The van der Waals surface area contributed by atoms with Gasteiger partial charge in [0.1, 0.15) is 0 Å². The van der Waals surface area contributed by atoms with E-state index in [1.54, 1.807) is 0 Å². The van der Waals surface area contributed by atoms with Crippen molar-refractivity contribution < 1.29 is 9.72 Å². The summed E-state index contributed by atoms with van der Waals surface area (Å²) in [6.45, 7) is 0.355. The molecule has 8 heteroatoms. The zero-order valence-electron chi connectivity index (χ0n) is 12.9. The molecule has 0 heterocycles. The van der Waals surface area contributed by atoms with Crippen molar-refractivity contribution in [1.29, 1.82) is 0 Å². The van der Waals surface area contributed by atoms with Gasteiger partial charge < -0.3 is 16.8 Å². The minimum atomic E-state index is -0.550. The van der Waals surface area contributed by atoms with Crippen LogP contribution in [0, 0.1) is 10.1 Å². The summed E-state index contributed by atoms with van der Waals surface area (Å²) in [7, 11) is 0. The van der Waals surface area contributed by atoms with E-state index in [0.29, 0.717) is 6.54 Å². The molecule has 23 heavy (non-hydrogen) atoms. The molecule has 1 aliphatic carbocycles. The van der Waals surface area contributed by atoms with Crippen LogP contribution in [0.25, 0.3) is 0 Å². The highest BCUT2D eigenvalue weighted by molar-refractivity contribution is 5.99. The molecule has 1 aromatic carbocycles. The van der Waals surface area contributed by atoms with Gasteiger partial charge in [0.15, 0.2) is 0 Å². The molecule has 1 saturated carbocycles. The van der Waals surface area contributed by atoms with E-state index in [1.165, 1.54) is 31.0 Å². The number of nitrogens with one attached hydrogen (secondary N) is 1. The topological polar surface area (TPSA) is 124 Å². The largest absolute Gasteiger partial charge is 0.398 e. The Morgan fingerprint density at radius 1 is 1.26 bits per heavy atom. The second-order valence-corrected chi connectivity index (χ2v) is 5.99. The summed E-state index contributed by atoms with van der Waals surface area (Å²) in [6, 6.07) is 3.85. The van der Waals surface area contributed by atoms with Gasteiger partial charge in [-0.05, 0) is 18.9 Å². The van der Waals surface area contributed by atoms with Gasteiger partial charge in [-0.25, -0.2) is 0 Å². The molecule has 0 saturated heterocycles. The number of carbonyl (C=O) groups excluding carboxylic acids is 1. The van der Waals surface area contributed by atoms with Crippen LogP contribution in [0.5, 0.6) is 0 Å². The van der Waals surface area contributed by atoms with Crippen molar-refractivity contribution in [3.05, 3.63) is 33.9 Å². The average molecular weight is 343 g/mol. The third-order valence-corrected chi connectivity index (χ3v) is 4.19. The summed E-state index contributed by atoms with van der Waals surface area (Å²) in [5.74, 6) is -0.421. The molecule has 128 valence electrons. The molecule has 0 bridgehead atoms. The van der Waals surface area contributed by atoms with E-state index in [-0.39, 0.29) is 29.3 Å². The second-order valence-electron chi connectivity index (χ2n) is 5.99. The Bertz CT molecular complexity index is 572. The van der Waals surface area contributed by atoms with Crippen LogP contribution in [0.3, 0.4) is 0 Å². The number of nitrogens with two attached hydrogens (primary N) is 2. The number of non-ortho nitro benzene ring substituents is 1. The third-order valence-electron chi connectivity index (χ3n) is 4.19. The van der Waals surface area contributed by atoms with Gasteiger partial charge in [0.05, 0.1) is 10.5 Å². The Morgan fingerprint density at radius 3 is 2.43 bits per heavy atom. The van der Waals surface area contributed by atoms with Crippen LogP contribution >= 0.6 is 12.4 Å². The molecular weight excluding hydrogens is 320 g/mol. The fourth-order valence-corrected chi connectivity index (χ4v) is 2.82.